The van der Waals surface area contributed by atoms with Gasteiger partial charge in [-0.1, -0.05) is 6.07 Å². The summed E-state index contributed by atoms with van der Waals surface area (Å²) in [5.41, 5.74) is 0.516. The van der Waals surface area contributed by atoms with Gasteiger partial charge in [-0.2, -0.15) is 13.2 Å². The highest BCUT2D eigenvalue weighted by Crippen LogP contribution is 2.16. The molecular formula is C10H10F4N2O. The number of alkyl halides is 3. The molecule has 0 bridgehead atoms. The quantitative estimate of drug-likeness (QED) is 0.778. The first-order valence-electron chi connectivity index (χ1n) is 4.66. The third-order valence-electron chi connectivity index (χ3n) is 1.82. The van der Waals surface area contributed by atoms with E-state index in [1.165, 1.54) is 12.1 Å². The number of nitrogens with one attached hydrogen (secondary N) is 2. The van der Waals surface area contributed by atoms with Crippen molar-refractivity contribution in [1.82, 2.24) is 5.32 Å². The van der Waals surface area contributed by atoms with Crippen molar-refractivity contribution in [3.8, 4) is 0 Å². The summed E-state index contributed by atoms with van der Waals surface area (Å²) in [6, 6.07) is 2.82. The summed E-state index contributed by atoms with van der Waals surface area (Å²) < 4.78 is 48.5. The Labute approximate surface area is 94.8 Å². The molecule has 0 atom stereocenters. The molecule has 1 rings (SSSR count). The number of hydrogen-bond acceptors (Lipinski definition) is 1. The summed E-state index contributed by atoms with van der Waals surface area (Å²) in [7, 11) is 0. The minimum absolute atomic E-state index is 0.162. The number of urea groups is 1. The average Bonchev–Trinajstić information content (AvgIpc) is 2.20. The van der Waals surface area contributed by atoms with Crippen LogP contribution in [0.4, 0.5) is 28.0 Å². The predicted molar refractivity (Wildman–Crippen MR) is 54.2 cm³/mol. The molecule has 0 aliphatic heterocycles. The van der Waals surface area contributed by atoms with Crippen molar-refractivity contribution in [2.75, 3.05) is 11.9 Å². The number of carbonyl (C=O) groups is 1. The van der Waals surface area contributed by atoms with Crippen LogP contribution < -0.4 is 10.6 Å². The Bertz CT molecular complexity index is 417. The average molecular weight is 250 g/mol. The first kappa shape index (κ1) is 13.3. The molecule has 17 heavy (non-hydrogen) atoms. The maximum atomic E-state index is 13.1. The zero-order valence-corrected chi connectivity index (χ0v) is 8.86. The predicted octanol–water partition coefficient (Wildman–Crippen LogP) is 2.82. The number of benzene rings is 1. The van der Waals surface area contributed by atoms with Crippen molar-refractivity contribution >= 4 is 11.7 Å². The lowest BCUT2D eigenvalue weighted by molar-refractivity contribution is -0.122. The van der Waals surface area contributed by atoms with E-state index in [1.54, 1.807) is 12.2 Å². The van der Waals surface area contributed by atoms with Crippen LogP contribution in [0.15, 0.2) is 18.2 Å². The summed E-state index contributed by atoms with van der Waals surface area (Å²) in [6.07, 6.45) is -4.50. The van der Waals surface area contributed by atoms with Gasteiger partial charge in [0.2, 0.25) is 0 Å². The van der Waals surface area contributed by atoms with E-state index in [4.69, 9.17) is 0 Å². The van der Waals surface area contributed by atoms with E-state index >= 15 is 0 Å². The zero-order chi connectivity index (χ0) is 13.1. The molecule has 0 aliphatic carbocycles. The molecule has 1 aromatic rings. The van der Waals surface area contributed by atoms with Gasteiger partial charge in [-0.25, -0.2) is 9.18 Å². The number of aryl methyl sites for hydroxylation is 1. The molecule has 3 nitrogen and oxygen atoms in total. The SMILES string of the molecule is Cc1ccc(F)c(NC(=O)NCC(F)(F)F)c1. The molecule has 1 aromatic carbocycles. The Morgan fingerprint density at radius 3 is 2.59 bits per heavy atom. The van der Waals surface area contributed by atoms with Gasteiger partial charge in [0.05, 0.1) is 5.69 Å². The van der Waals surface area contributed by atoms with Crippen molar-refractivity contribution in [2.45, 2.75) is 13.1 Å². The lowest BCUT2D eigenvalue weighted by Gasteiger charge is -2.10. The van der Waals surface area contributed by atoms with Gasteiger partial charge >= 0.3 is 12.2 Å². The molecule has 0 saturated carbocycles. The standard InChI is InChI=1S/C10H10F4N2O/c1-6-2-3-7(11)8(4-6)16-9(17)15-5-10(12,13)14/h2-4H,5H2,1H3,(H2,15,16,17). The normalized spacial score (nSPS) is 11.1. The largest absolute Gasteiger partial charge is 0.405 e. The van der Waals surface area contributed by atoms with Gasteiger partial charge in [0.15, 0.2) is 0 Å². The van der Waals surface area contributed by atoms with Crippen LogP contribution in [0.25, 0.3) is 0 Å². The van der Waals surface area contributed by atoms with Crippen molar-refractivity contribution in [3.63, 3.8) is 0 Å². The third-order valence-corrected chi connectivity index (χ3v) is 1.82. The topological polar surface area (TPSA) is 41.1 Å². The number of carbonyl (C=O) groups excluding carboxylic acids is 1. The first-order chi connectivity index (χ1) is 7.78. The van der Waals surface area contributed by atoms with E-state index < -0.39 is 24.6 Å². The molecule has 0 aromatic heterocycles. The second kappa shape index (κ2) is 5.03. The maximum absolute atomic E-state index is 13.1. The van der Waals surface area contributed by atoms with E-state index in [-0.39, 0.29) is 5.69 Å². The van der Waals surface area contributed by atoms with Crippen molar-refractivity contribution < 1.29 is 22.4 Å². The van der Waals surface area contributed by atoms with E-state index in [1.807, 2.05) is 5.32 Å². The Morgan fingerprint density at radius 2 is 2.00 bits per heavy atom. The number of amides is 2. The lowest BCUT2D eigenvalue weighted by Crippen LogP contribution is -2.36. The summed E-state index contributed by atoms with van der Waals surface area (Å²) in [5, 5.41) is 3.57. The fourth-order valence-electron chi connectivity index (χ4n) is 1.08. The van der Waals surface area contributed by atoms with Gasteiger partial charge in [0.1, 0.15) is 12.4 Å². The third kappa shape index (κ3) is 4.71. The number of halogens is 4. The molecule has 0 saturated heterocycles. The Morgan fingerprint density at radius 1 is 1.35 bits per heavy atom. The van der Waals surface area contributed by atoms with Crippen LogP contribution in [-0.4, -0.2) is 18.8 Å². The highest BCUT2D eigenvalue weighted by Gasteiger charge is 2.27. The van der Waals surface area contributed by atoms with Gasteiger partial charge in [-0.3, -0.25) is 0 Å². The zero-order valence-electron chi connectivity index (χ0n) is 8.86. The summed E-state index contributed by atoms with van der Waals surface area (Å²) in [6.45, 7) is 0.199. The summed E-state index contributed by atoms with van der Waals surface area (Å²) in [4.78, 5) is 11.0. The van der Waals surface area contributed by atoms with E-state index in [2.05, 4.69) is 0 Å². The van der Waals surface area contributed by atoms with Gasteiger partial charge in [-0.15, -0.1) is 0 Å². The Kier molecular flexibility index (Phi) is 3.93. The van der Waals surface area contributed by atoms with Crippen LogP contribution in [0.1, 0.15) is 5.56 Å². The summed E-state index contributed by atoms with van der Waals surface area (Å²) >= 11 is 0. The number of hydrogen-bond donors (Lipinski definition) is 2. The molecule has 7 heteroatoms. The molecule has 0 radical (unpaired) electrons. The van der Waals surface area contributed by atoms with Crippen LogP contribution in [0.3, 0.4) is 0 Å². The molecular weight excluding hydrogens is 240 g/mol. The van der Waals surface area contributed by atoms with Crippen LogP contribution in [-0.2, 0) is 0 Å². The lowest BCUT2D eigenvalue weighted by atomic mass is 10.2. The highest BCUT2D eigenvalue weighted by atomic mass is 19.4. The molecule has 0 heterocycles. The van der Waals surface area contributed by atoms with Crippen molar-refractivity contribution in [3.05, 3.63) is 29.6 Å². The van der Waals surface area contributed by atoms with Crippen LogP contribution in [0, 0.1) is 12.7 Å². The number of rotatable bonds is 2. The maximum Gasteiger partial charge on any atom is 0.405 e. The minimum atomic E-state index is -4.50. The van der Waals surface area contributed by atoms with Gasteiger partial charge in [0, 0.05) is 0 Å². The highest BCUT2D eigenvalue weighted by molar-refractivity contribution is 5.89. The van der Waals surface area contributed by atoms with E-state index in [0.29, 0.717) is 5.56 Å². The minimum Gasteiger partial charge on any atom is -0.329 e. The molecule has 0 aliphatic rings. The van der Waals surface area contributed by atoms with Crippen LogP contribution in [0.2, 0.25) is 0 Å². The molecule has 0 spiro atoms. The van der Waals surface area contributed by atoms with Gasteiger partial charge in [0.25, 0.3) is 0 Å². The van der Waals surface area contributed by atoms with E-state index in [0.717, 1.165) is 6.07 Å². The van der Waals surface area contributed by atoms with Gasteiger partial charge in [-0.05, 0) is 24.6 Å². The fraction of sp³-hybridized carbons (Fsp3) is 0.300. The monoisotopic (exact) mass is 250 g/mol. The molecule has 0 fully saturated rings. The van der Waals surface area contributed by atoms with Crippen molar-refractivity contribution in [1.29, 1.82) is 0 Å². The summed E-state index contributed by atoms with van der Waals surface area (Å²) in [5.74, 6) is -0.710. The van der Waals surface area contributed by atoms with Crippen LogP contribution >= 0.6 is 0 Å². The Balaban J connectivity index is 2.59. The molecule has 2 amide bonds. The fourth-order valence-corrected chi connectivity index (χ4v) is 1.08. The smallest absolute Gasteiger partial charge is 0.329 e. The van der Waals surface area contributed by atoms with Gasteiger partial charge < -0.3 is 10.6 Å². The second-order valence-electron chi connectivity index (χ2n) is 3.41. The molecule has 2 N–H and O–H groups in total. The second-order valence-corrected chi connectivity index (χ2v) is 3.41. The Hall–Kier alpha value is -1.79. The van der Waals surface area contributed by atoms with Crippen LogP contribution in [0.5, 0.6) is 0 Å². The van der Waals surface area contributed by atoms with E-state index in [9.17, 15) is 22.4 Å². The number of anilines is 1. The molecule has 94 valence electrons. The first-order valence-corrected chi connectivity index (χ1v) is 4.66. The molecule has 0 unspecified atom stereocenters. The van der Waals surface area contributed by atoms with Crippen molar-refractivity contribution in [2.24, 2.45) is 0 Å².